The van der Waals surface area contributed by atoms with Crippen molar-refractivity contribution in [2.45, 2.75) is 25.9 Å². The van der Waals surface area contributed by atoms with Gasteiger partial charge in [-0.2, -0.15) is 0 Å². The van der Waals surface area contributed by atoms with Gasteiger partial charge in [-0.05, 0) is 26.0 Å². The van der Waals surface area contributed by atoms with E-state index in [0.29, 0.717) is 22.5 Å². The molecule has 0 aliphatic rings. The van der Waals surface area contributed by atoms with Crippen LogP contribution in [0, 0.1) is 0 Å². The van der Waals surface area contributed by atoms with Crippen molar-refractivity contribution in [1.29, 1.82) is 0 Å². The molecule has 16 heteroatoms. The number of halogens is 2. The fraction of sp³-hybridized carbons (Fsp3) is 0.273. The molecule has 200 valence electrons. The van der Waals surface area contributed by atoms with Crippen LogP contribution in [0.25, 0.3) is 22.5 Å². The number of nitrogen functional groups attached to an aromatic ring is 2. The molecule has 0 bridgehead atoms. The number of amides is 1. The van der Waals surface area contributed by atoms with E-state index in [1.165, 1.54) is 21.9 Å². The fourth-order valence-corrected chi connectivity index (χ4v) is 3.46. The molecule has 0 aromatic carbocycles. The monoisotopic (exact) mass is 561 g/mol. The predicted molar refractivity (Wildman–Crippen MR) is 141 cm³/mol. The molecule has 4 aromatic heterocycles. The summed E-state index contributed by atoms with van der Waals surface area (Å²) in [7, 11) is 3.42. The number of hydrogen-bond acceptors (Lipinski definition) is 10. The van der Waals surface area contributed by atoms with Crippen molar-refractivity contribution in [3.8, 4) is 22.5 Å². The normalized spacial score (nSPS) is 12.3. The molecule has 0 fully saturated rings. The fourth-order valence-electron chi connectivity index (χ4n) is 3.17. The topological polar surface area (TPSA) is 197 Å². The lowest BCUT2D eigenvalue weighted by molar-refractivity contribution is -0.140. The minimum absolute atomic E-state index is 0.0205. The van der Waals surface area contributed by atoms with Crippen molar-refractivity contribution >= 4 is 46.7 Å². The van der Waals surface area contributed by atoms with Crippen molar-refractivity contribution in [1.82, 2.24) is 44.4 Å². The highest BCUT2D eigenvalue weighted by Crippen LogP contribution is 2.26. The van der Waals surface area contributed by atoms with E-state index in [1.807, 2.05) is 0 Å². The van der Waals surface area contributed by atoms with Crippen molar-refractivity contribution in [3.05, 3.63) is 47.5 Å². The van der Waals surface area contributed by atoms with Gasteiger partial charge in [0.25, 0.3) is 0 Å². The lowest BCUT2D eigenvalue weighted by atomic mass is 10.2. The molecular formula is C22H25Cl2N11O3. The number of carbonyl (C=O) groups is 2. The summed E-state index contributed by atoms with van der Waals surface area (Å²) in [5.41, 5.74) is 13.6. The van der Waals surface area contributed by atoms with Gasteiger partial charge >= 0.3 is 5.97 Å². The van der Waals surface area contributed by atoms with Crippen LogP contribution in [0.15, 0.2) is 37.2 Å². The molecule has 1 amide bonds. The Morgan fingerprint density at radius 1 is 0.842 bits per heavy atom. The Morgan fingerprint density at radius 2 is 1.26 bits per heavy atom. The number of hydrogen-bond donors (Lipinski definition) is 3. The summed E-state index contributed by atoms with van der Waals surface area (Å²) in [5.74, 6) is -0.538. The van der Waals surface area contributed by atoms with Gasteiger partial charge in [0.05, 0.1) is 24.0 Å². The molecular weight excluding hydrogens is 537 g/mol. The Bertz CT molecular complexity index is 1450. The second-order valence-corrected chi connectivity index (χ2v) is 9.04. The summed E-state index contributed by atoms with van der Waals surface area (Å²) >= 11 is 11.5. The highest BCUT2D eigenvalue weighted by atomic mass is 35.5. The first-order valence-corrected chi connectivity index (χ1v) is 11.7. The lowest BCUT2D eigenvalue weighted by Gasteiger charge is -2.17. The first kappa shape index (κ1) is 28.3. The molecule has 0 aliphatic carbocycles. The number of carboxylic acid groups (broad SMARTS) is 1. The standard InChI is InChI=1S/C12H15ClN6O.C10H10ClN5O2/c1-7(12(20)18(2)3)19-5-9(15-6-19)8-4-10(13)16-17-11(8)14;1-5(10(17)18)16-3-7(13-4-16)6-2-8(11)14-15-9(6)12/h4-7H,1-3H3,(H2,14,17);2-5H,1H3,(H2,12,15)(H,17,18). The van der Waals surface area contributed by atoms with Gasteiger partial charge in [0.15, 0.2) is 21.9 Å². The van der Waals surface area contributed by atoms with Crippen molar-refractivity contribution in [3.63, 3.8) is 0 Å². The average molecular weight is 562 g/mol. The summed E-state index contributed by atoms with van der Waals surface area (Å²) < 4.78 is 3.18. The lowest BCUT2D eigenvalue weighted by Crippen LogP contribution is -2.29. The smallest absolute Gasteiger partial charge is 0.326 e. The van der Waals surface area contributed by atoms with E-state index in [0.717, 1.165) is 0 Å². The average Bonchev–Trinajstić information content (AvgIpc) is 3.56. The molecule has 38 heavy (non-hydrogen) atoms. The number of carboxylic acids is 1. The Morgan fingerprint density at radius 3 is 1.66 bits per heavy atom. The maximum absolute atomic E-state index is 11.9. The highest BCUT2D eigenvalue weighted by Gasteiger charge is 2.18. The number of anilines is 2. The first-order chi connectivity index (χ1) is 17.9. The molecule has 0 spiro atoms. The van der Waals surface area contributed by atoms with Crippen molar-refractivity contribution < 1.29 is 14.7 Å². The molecule has 4 heterocycles. The number of nitrogens with zero attached hydrogens (tertiary/aromatic N) is 9. The van der Waals surface area contributed by atoms with Crippen LogP contribution in [-0.4, -0.2) is 75.5 Å². The minimum Gasteiger partial charge on any atom is -0.480 e. The van der Waals surface area contributed by atoms with Gasteiger partial charge in [-0.1, -0.05) is 23.2 Å². The maximum atomic E-state index is 11.9. The number of nitrogens with two attached hydrogens (primary N) is 2. The largest absolute Gasteiger partial charge is 0.480 e. The quantitative estimate of drug-likeness (QED) is 0.312. The van der Waals surface area contributed by atoms with Gasteiger partial charge in [-0.25, -0.2) is 14.8 Å². The van der Waals surface area contributed by atoms with Gasteiger partial charge in [-0.3, -0.25) is 4.79 Å². The van der Waals surface area contributed by atoms with E-state index in [-0.39, 0.29) is 33.9 Å². The van der Waals surface area contributed by atoms with Gasteiger partial charge < -0.3 is 30.6 Å². The second-order valence-electron chi connectivity index (χ2n) is 8.27. The number of aliphatic carboxylic acids is 1. The number of carbonyl (C=O) groups excluding carboxylic acids is 1. The first-order valence-electron chi connectivity index (χ1n) is 11.0. The predicted octanol–water partition coefficient (Wildman–Crippen LogP) is 2.45. The van der Waals surface area contributed by atoms with Crippen molar-refractivity contribution in [2.75, 3.05) is 25.6 Å². The highest BCUT2D eigenvalue weighted by molar-refractivity contribution is 6.30. The molecule has 2 atom stereocenters. The summed E-state index contributed by atoms with van der Waals surface area (Å²) in [5, 5.41) is 24.0. The third-order valence-electron chi connectivity index (χ3n) is 5.39. The summed E-state index contributed by atoms with van der Waals surface area (Å²) in [6, 6.07) is 2.06. The van der Waals surface area contributed by atoms with Crippen molar-refractivity contribution in [2.24, 2.45) is 0 Å². The maximum Gasteiger partial charge on any atom is 0.326 e. The summed E-state index contributed by atoms with van der Waals surface area (Å²) in [6.07, 6.45) is 6.30. The summed E-state index contributed by atoms with van der Waals surface area (Å²) in [4.78, 5) is 32.6. The zero-order valence-corrected chi connectivity index (χ0v) is 22.3. The second kappa shape index (κ2) is 11.8. The molecule has 0 saturated carbocycles. The molecule has 0 saturated heterocycles. The molecule has 14 nitrogen and oxygen atoms in total. The Kier molecular flexibility index (Phi) is 8.80. The third kappa shape index (κ3) is 6.52. The number of imidazole rings is 2. The molecule has 2 unspecified atom stereocenters. The van der Waals surface area contributed by atoms with Crippen LogP contribution >= 0.6 is 23.2 Å². The molecule has 0 radical (unpaired) electrons. The number of rotatable bonds is 6. The minimum atomic E-state index is -0.946. The van der Waals surface area contributed by atoms with E-state index in [1.54, 1.807) is 57.3 Å². The van der Waals surface area contributed by atoms with Crippen LogP contribution in [0.5, 0.6) is 0 Å². The van der Waals surface area contributed by atoms with Gasteiger partial charge in [-0.15, -0.1) is 20.4 Å². The van der Waals surface area contributed by atoms with Gasteiger partial charge in [0.1, 0.15) is 12.1 Å². The van der Waals surface area contributed by atoms with Crippen LogP contribution in [-0.2, 0) is 9.59 Å². The van der Waals surface area contributed by atoms with E-state index >= 15 is 0 Å². The van der Waals surface area contributed by atoms with Gasteiger partial charge in [0.2, 0.25) is 5.91 Å². The van der Waals surface area contributed by atoms with E-state index in [9.17, 15) is 9.59 Å². The number of aromatic nitrogens is 8. The Hall–Kier alpha value is -4.30. The van der Waals surface area contributed by atoms with Crippen LogP contribution in [0.4, 0.5) is 11.6 Å². The molecule has 4 rings (SSSR count). The number of likely N-dealkylation sites (N-methyl/N-ethyl adjacent to an activating group) is 1. The zero-order chi connectivity index (χ0) is 28.1. The van der Waals surface area contributed by atoms with E-state index in [2.05, 4.69) is 30.4 Å². The van der Waals surface area contributed by atoms with E-state index in [4.69, 9.17) is 39.8 Å². The van der Waals surface area contributed by atoms with Crippen LogP contribution in [0.1, 0.15) is 25.9 Å². The Labute approximate surface area is 227 Å². The summed E-state index contributed by atoms with van der Waals surface area (Å²) in [6.45, 7) is 3.35. The third-order valence-corrected chi connectivity index (χ3v) is 5.76. The van der Waals surface area contributed by atoms with Crippen LogP contribution < -0.4 is 11.5 Å². The van der Waals surface area contributed by atoms with Gasteiger partial charge in [0, 0.05) is 37.6 Å². The zero-order valence-electron chi connectivity index (χ0n) is 20.8. The van der Waals surface area contributed by atoms with Crippen LogP contribution in [0.2, 0.25) is 10.3 Å². The molecule has 5 N–H and O–H groups in total. The molecule has 4 aromatic rings. The Balaban J connectivity index is 0.000000212. The van der Waals surface area contributed by atoms with E-state index < -0.39 is 12.0 Å². The van der Waals surface area contributed by atoms with Crippen LogP contribution in [0.3, 0.4) is 0 Å². The SMILES string of the molecule is CC(C(=O)N(C)C)n1cnc(-c2cc(Cl)nnc2N)c1.CC(C(=O)O)n1cnc(-c2cc(Cl)nnc2N)c1. The molecule has 0 aliphatic heterocycles.